The molecule has 114 valence electrons. The van der Waals surface area contributed by atoms with Gasteiger partial charge < -0.3 is 14.7 Å². The summed E-state index contributed by atoms with van der Waals surface area (Å²) in [7, 11) is 1.60. The fraction of sp³-hybridized carbons (Fsp3) is 0.467. The van der Waals surface area contributed by atoms with Crippen LogP contribution in [-0.2, 0) is 9.59 Å². The van der Waals surface area contributed by atoms with Crippen LogP contribution in [0.15, 0.2) is 29.2 Å². The quantitative estimate of drug-likeness (QED) is 0.845. The number of carbonyl (C=O) groups excluding carboxylic acids is 1. The fourth-order valence-electron chi connectivity index (χ4n) is 2.41. The first-order valence-corrected chi connectivity index (χ1v) is 7.89. The molecule has 1 saturated heterocycles. The van der Waals surface area contributed by atoms with Gasteiger partial charge in [-0.1, -0.05) is 6.07 Å². The molecule has 0 aliphatic carbocycles. The van der Waals surface area contributed by atoms with Gasteiger partial charge in [0.2, 0.25) is 5.91 Å². The summed E-state index contributed by atoms with van der Waals surface area (Å²) in [5, 5.41) is 9.19. The number of amides is 1. The molecule has 21 heavy (non-hydrogen) atoms. The van der Waals surface area contributed by atoms with Crippen molar-refractivity contribution in [3.8, 4) is 5.75 Å². The van der Waals surface area contributed by atoms with Crippen molar-refractivity contribution >= 4 is 23.6 Å². The average molecular weight is 309 g/mol. The van der Waals surface area contributed by atoms with Gasteiger partial charge in [0.1, 0.15) is 11.8 Å². The van der Waals surface area contributed by atoms with E-state index in [-0.39, 0.29) is 11.7 Å². The van der Waals surface area contributed by atoms with Crippen molar-refractivity contribution in [1.29, 1.82) is 0 Å². The highest BCUT2D eigenvalue weighted by molar-refractivity contribution is 8.00. The van der Waals surface area contributed by atoms with E-state index in [1.807, 2.05) is 24.3 Å². The first-order chi connectivity index (χ1) is 10.1. The summed E-state index contributed by atoms with van der Waals surface area (Å²) in [5.41, 5.74) is 0. The molecule has 1 fully saturated rings. The van der Waals surface area contributed by atoms with E-state index < -0.39 is 12.0 Å². The van der Waals surface area contributed by atoms with Gasteiger partial charge in [-0.2, -0.15) is 0 Å². The summed E-state index contributed by atoms with van der Waals surface area (Å²) >= 11 is 1.40. The Kier molecular flexibility index (Phi) is 5.50. The number of piperidine rings is 1. The number of hydrogen-bond acceptors (Lipinski definition) is 4. The maximum atomic E-state index is 12.3. The van der Waals surface area contributed by atoms with E-state index in [4.69, 9.17) is 4.74 Å². The lowest BCUT2D eigenvalue weighted by atomic mass is 10.0. The molecule has 2 rings (SSSR count). The number of carboxylic acids is 1. The van der Waals surface area contributed by atoms with Gasteiger partial charge in [-0.05, 0) is 37.5 Å². The second-order valence-electron chi connectivity index (χ2n) is 4.90. The van der Waals surface area contributed by atoms with Crippen molar-refractivity contribution in [2.75, 3.05) is 19.4 Å². The van der Waals surface area contributed by atoms with Gasteiger partial charge in [-0.3, -0.25) is 4.79 Å². The lowest BCUT2D eigenvalue weighted by molar-refractivity contribution is -0.150. The van der Waals surface area contributed by atoms with Gasteiger partial charge in [0, 0.05) is 11.4 Å². The third-order valence-corrected chi connectivity index (χ3v) is 4.49. The van der Waals surface area contributed by atoms with Gasteiger partial charge in [0.05, 0.1) is 12.9 Å². The number of aliphatic carboxylic acids is 1. The molecule has 6 heteroatoms. The van der Waals surface area contributed by atoms with Gasteiger partial charge in [-0.15, -0.1) is 11.8 Å². The molecular weight excluding hydrogens is 290 g/mol. The van der Waals surface area contributed by atoms with E-state index in [1.165, 1.54) is 16.7 Å². The summed E-state index contributed by atoms with van der Waals surface area (Å²) < 4.78 is 5.14. The van der Waals surface area contributed by atoms with Crippen LogP contribution in [0.5, 0.6) is 5.75 Å². The molecule has 0 unspecified atom stereocenters. The molecule has 1 heterocycles. The molecule has 1 atom stereocenters. The first kappa shape index (κ1) is 15.7. The van der Waals surface area contributed by atoms with E-state index >= 15 is 0 Å². The molecule has 5 nitrogen and oxygen atoms in total. The maximum Gasteiger partial charge on any atom is 0.326 e. The van der Waals surface area contributed by atoms with Crippen LogP contribution < -0.4 is 4.74 Å². The molecule has 0 aromatic heterocycles. The zero-order chi connectivity index (χ0) is 15.2. The zero-order valence-corrected chi connectivity index (χ0v) is 12.8. The zero-order valence-electron chi connectivity index (χ0n) is 11.9. The molecule has 1 amide bonds. The number of rotatable bonds is 5. The Morgan fingerprint density at radius 1 is 1.43 bits per heavy atom. The molecule has 1 aliphatic heterocycles. The van der Waals surface area contributed by atoms with Gasteiger partial charge >= 0.3 is 5.97 Å². The van der Waals surface area contributed by atoms with Crippen molar-refractivity contribution in [3.63, 3.8) is 0 Å². The Balaban J connectivity index is 1.95. The van der Waals surface area contributed by atoms with Crippen LogP contribution in [0.2, 0.25) is 0 Å². The fourth-order valence-corrected chi connectivity index (χ4v) is 3.24. The van der Waals surface area contributed by atoms with Crippen LogP contribution in [0, 0.1) is 0 Å². The molecule has 0 radical (unpaired) electrons. The van der Waals surface area contributed by atoms with E-state index in [9.17, 15) is 14.7 Å². The number of thioether (sulfide) groups is 1. The topological polar surface area (TPSA) is 66.8 Å². The Labute approximate surface area is 128 Å². The molecule has 1 aromatic rings. The summed E-state index contributed by atoms with van der Waals surface area (Å²) in [4.78, 5) is 25.9. The summed E-state index contributed by atoms with van der Waals surface area (Å²) in [6.07, 6.45) is 2.29. The van der Waals surface area contributed by atoms with Crippen molar-refractivity contribution in [3.05, 3.63) is 24.3 Å². The minimum Gasteiger partial charge on any atom is -0.497 e. The Morgan fingerprint density at radius 3 is 2.95 bits per heavy atom. The predicted molar refractivity (Wildman–Crippen MR) is 80.7 cm³/mol. The second kappa shape index (κ2) is 7.36. The number of likely N-dealkylation sites (tertiary alicyclic amines) is 1. The highest BCUT2D eigenvalue weighted by Gasteiger charge is 2.31. The number of carbonyl (C=O) groups is 2. The minimum absolute atomic E-state index is 0.116. The molecule has 0 saturated carbocycles. The van der Waals surface area contributed by atoms with Crippen LogP contribution in [0.1, 0.15) is 19.3 Å². The first-order valence-electron chi connectivity index (χ1n) is 6.91. The highest BCUT2D eigenvalue weighted by atomic mass is 32.2. The second-order valence-corrected chi connectivity index (χ2v) is 5.95. The number of ether oxygens (including phenoxy) is 1. The standard InChI is InChI=1S/C15H19NO4S/c1-20-11-5-4-6-12(9-11)21-10-14(17)16-8-3-2-7-13(16)15(18)19/h4-6,9,13H,2-3,7-8,10H2,1H3,(H,18,19)/t13-/m0/s1. The number of hydrogen-bond donors (Lipinski definition) is 1. The van der Waals surface area contributed by atoms with Crippen molar-refractivity contribution in [1.82, 2.24) is 4.90 Å². The number of methoxy groups -OCH3 is 1. The monoisotopic (exact) mass is 309 g/mol. The Morgan fingerprint density at radius 2 is 2.24 bits per heavy atom. The third kappa shape index (κ3) is 4.14. The lowest BCUT2D eigenvalue weighted by Gasteiger charge is -2.32. The summed E-state index contributed by atoms with van der Waals surface area (Å²) in [6.45, 7) is 0.536. The van der Waals surface area contributed by atoms with E-state index in [1.54, 1.807) is 7.11 Å². The van der Waals surface area contributed by atoms with Crippen LogP contribution >= 0.6 is 11.8 Å². The SMILES string of the molecule is COc1cccc(SCC(=O)N2CCCC[C@H]2C(=O)O)c1. The minimum atomic E-state index is -0.908. The molecule has 0 bridgehead atoms. The third-order valence-electron chi connectivity index (χ3n) is 3.51. The van der Waals surface area contributed by atoms with E-state index in [2.05, 4.69) is 0 Å². The highest BCUT2D eigenvalue weighted by Crippen LogP contribution is 2.24. The van der Waals surface area contributed by atoms with Crippen LogP contribution in [0.4, 0.5) is 0 Å². The van der Waals surface area contributed by atoms with Gasteiger partial charge in [-0.25, -0.2) is 4.79 Å². The molecular formula is C15H19NO4S. The lowest BCUT2D eigenvalue weighted by Crippen LogP contribution is -2.48. The summed E-state index contributed by atoms with van der Waals surface area (Å²) in [6, 6.07) is 6.81. The van der Waals surface area contributed by atoms with Crippen LogP contribution in [0.3, 0.4) is 0 Å². The van der Waals surface area contributed by atoms with Gasteiger partial charge in [0.25, 0.3) is 0 Å². The Bertz CT molecular complexity index is 520. The molecule has 1 aromatic carbocycles. The molecule has 1 N–H and O–H groups in total. The van der Waals surface area contributed by atoms with Gasteiger partial charge in [0.15, 0.2) is 0 Å². The largest absolute Gasteiger partial charge is 0.497 e. The van der Waals surface area contributed by atoms with Crippen molar-refractivity contribution < 1.29 is 19.4 Å². The van der Waals surface area contributed by atoms with Crippen molar-refractivity contribution in [2.24, 2.45) is 0 Å². The number of benzene rings is 1. The number of nitrogens with zero attached hydrogens (tertiary/aromatic N) is 1. The van der Waals surface area contributed by atoms with E-state index in [0.29, 0.717) is 13.0 Å². The molecule has 0 spiro atoms. The predicted octanol–water partition coefficient (Wildman–Crippen LogP) is 2.25. The van der Waals surface area contributed by atoms with Crippen molar-refractivity contribution in [2.45, 2.75) is 30.2 Å². The van der Waals surface area contributed by atoms with Crippen LogP contribution in [-0.4, -0.2) is 47.3 Å². The summed E-state index contributed by atoms with van der Waals surface area (Å²) in [5.74, 6) is -0.0325. The molecule has 1 aliphatic rings. The average Bonchev–Trinajstić information content (AvgIpc) is 2.52. The number of carboxylic acid groups (broad SMARTS) is 1. The van der Waals surface area contributed by atoms with E-state index in [0.717, 1.165) is 23.5 Å². The maximum absolute atomic E-state index is 12.3. The smallest absolute Gasteiger partial charge is 0.326 e. The van der Waals surface area contributed by atoms with Crippen LogP contribution in [0.25, 0.3) is 0 Å². The normalized spacial score (nSPS) is 18.3. The Hall–Kier alpha value is -1.69.